The van der Waals surface area contributed by atoms with Crippen LogP contribution in [-0.2, 0) is 32.7 Å². The van der Waals surface area contributed by atoms with Gasteiger partial charge in [0.25, 0.3) is 0 Å². The highest BCUT2D eigenvalue weighted by Crippen LogP contribution is 2.43. The number of carbonyl (C=O) groups is 2. The third-order valence-corrected chi connectivity index (χ3v) is 10.6. The van der Waals surface area contributed by atoms with Gasteiger partial charge in [0.05, 0.1) is 27.7 Å². The van der Waals surface area contributed by atoms with Gasteiger partial charge in [-0.15, -0.1) is 0 Å². The summed E-state index contributed by atoms with van der Waals surface area (Å²) < 4.78 is 34.2. The Morgan fingerprint density at radius 2 is 0.865 bits per heavy atom. The Kier molecular flexibility index (Phi) is 35.0. The van der Waals surface area contributed by atoms with Gasteiger partial charge in [-0.3, -0.25) is 18.6 Å². The minimum atomic E-state index is -4.36. The quantitative estimate of drug-likeness (QED) is 0.0284. The molecule has 310 valence electrons. The number of ether oxygens (including phenoxy) is 2. The van der Waals surface area contributed by atoms with E-state index in [0.717, 1.165) is 38.5 Å². The molecule has 0 fully saturated rings. The first kappa shape index (κ1) is 51.0. The molecule has 2 atom stereocenters. The van der Waals surface area contributed by atoms with Crippen molar-refractivity contribution in [3.8, 4) is 0 Å². The Labute approximate surface area is 321 Å². The molecule has 0 aliphatic carbocycles. The van der Waals surface area contributed by atoms with Crippen LogP contribution in [0.3, 0.4) is 0 Å². The van der Waals surface area contributed by atoms with Gasteiger partial charge in [-0.1, -0.05) is 181 Å². The van der Waals surface area contributed by atoms with Gasteiger partial charge in [-0.05, 0) is 12.8 Å². The van der Waals surface area contributed by atoms with E-state index in [1.807, 2.05) is 21.1 Å². The summed E-state index contributed by atoms with van der Waals surface area (Å²) in [5.41, 5.74) is 0. The predicted molar refractivity (Wildman–Crippen MR) is 215 cm³/mol. The number of quaternary nitrogens is 1. The van der Waals surface area contributed by atoms with E-state index in [1.165, 1.54) is 141 Å². The van der Waals surface area contributed by atoms with E-state index >= 15 is 0 Å². The van der Waals surface area contributed by atoms with Gasteiger partial charge in [0.1, 0.15) is 19.8 Å². The van der Waals surface area contributed by atoms with Crippen molar-refractivity contribution in [3.63, 3.8) is 0 Å². The van der Waals surface area contributed by atoms with Crippen molar-refractivity contribution in [3.05, 3.63) is 0 Å². The van der Waals surface area contributed by atoms with E-state index in [0.29, 0.717) is 17.4 Å². The van der Waals surface area contributed by atoms with E-state index in [-0.39, 0.29) is 25.6 Å². The standard InChI is InChI=1S/C42H84NO8P/c1-6-8-10-12-14-16-17-18-19-20-21-22-23-24-25-26-27-29-31-33-35-42(45)51-40(39-50-52(46,47)49-37-36-43(3,4)5)38-48-41(44)34-32-30-28-15-13-11-9-7-2/h40H,6-39H2,1-5H3/p+1/t40-/m1/s1. The van der Waals surface area contributed by atoms with Crippen LogP contribution >= 0.6 is 7.82 Å². The lowest BCUT2D eigenvalue weighted by molar-refractivity contribution is -0.870. The summed E-state index contributed by atoms with van der Waals surface area (Å²) in [5.74, 6) is -0.790. The maximum Gasteiger partial charge on any atom is 0.472 e. The van der Waals surface area contributed by atoms with E-state index < -0.39 is 26.5 Å². The number of carbonyl (C=O) groups excluding carboxylic acids is 2. The van der Waals surface area contributed by atoms with Crippen molar-refractivity contribution in [2.45, 2.75) is 213 Å². The third kappa shape index (κ3) is 38.7. The van der Waals surface area contributed by atoms with Crippen LogP contribution in [0.25, 0.3) is 0 Å². The monoisotopic (exact) mass is 763 g/mol. The molecule has 0 aromatic heterocycles. The van der Waals surface area contributed by atoms with Gasteiger partial charge in [0.15, 0.2) is 6.10 Å². The second kappa shape index (κ2) is 35.7. The summed E-state index contributed by atoms with van der Waals surface area (Å²) in [4.78, 5) is 35.2. The topological polar surface area (TPSA) is 108 Å². The number of phosphoric acid groups is 1. The zero-order valence-electron chi connectivity index (χ0n) is 34.8. The average Bonchev–Trinajstić information content (AvgIpc) is 3.09. The highest BCUT2D eigenvalue weighted by Gasteiger charge is 2.27. The molecular formula is C42H85NO8P+. The van der Waals surface area contributed by atoms with Gasteiger partial charge >= 0.3 is 19.8 Å². The van der Waals surface area contributed by atoms with Crippen molar-refractivity contribution in [1.29, 1.82) is 0 Å². The lowest BCUT2D eigenvalue weighted by atomic mass is 10.0. The first-order valence-corrected chi connectivity index (χ1v) is 23.3. The van der Waals surface area contributed by atoms with Crippen LogP contribution < -0.4 is 0 Å². The number of unbranched alkanes of at least 4 members (excludes halogenated alkanes) is 26. The molecule has 52 heavy (non-hydrogen) atoms. The van der Waals surface area contributed by atoms with E-state index in [9.17, 15) is 19.0 Å². The van der Waals surface area contributed by atoms with Crippen LogP contribution in [0, 0.1) is 0 Å². The number of nitrogens with zero attached hydrogens (tertiary/aromatic N) is 1. The van der Waals surface area contributed by atoms with Crippen LogP contribution in [0.4, 0.5) is 0 Å². The number of hydrogen-bond acceptors (Lipinski definition) is 7. The highest BCUT2D eigenvalue weighted by atomic mass is 31.2. The SMILES string of the molecule is CCCCCCCCCCCCCCCCCCCCCCC(=O)O[C@H](COC(=O)CCCCCCCCCC)COP(=O)(O)OCC[N+](C)(C)C. The molecule has 1 unspecified atom stereocenters. The fourth-order valence-electron chi connectivity index (χ4n) is 6.19. The highest BCUT2D eigenvalue weighted by molar-refractivity contribution is 7.47. The zero-order chi connectivity index (χ0) is 38.6. The van der Waals surface area contributed by atoms with Crippen LogP contribution in [0.15, 0.2) is 0 Å². The molecule has 10 heteroatoms. The molecule has 0 aliphatic rings. The number of rotatable bonds is 40. The minimum Gasteiger partial charge on any atom is -0.462 e. The third-order valence-electron chi connectivity index (χ3n) is 9.64. The normalized spacial score (nSPS) is 13.6. The molecule has 0 saturated carbocycles. The van der Waals surface area contributed by atoms with Crippen molar-refractivity contribution in [2.75, 3.05) is 47.5 Å². The van der Waals surface area contributed by atoms with Crippen LogP contribution in [-0.4, -0.2) is 74.9 Å². The molecule has 0 aliphatic heterocycles. The Morgan fingerprint density at radius 1 is 0.519 bits per heavy atom. The molecule has 0 radical (unpaired) electrons. The number of hydrogen-bond donors (Lipinski definition) is 1. The van der Waals surface area contributed by atoms with Gasteiger partial charge in [0.2, 0.25) is 0 Å². The largest absolute Gasteiger partial charge is 0.472 e. The summed E-state index contributed by atoms with van der Waals surface area (Å²) in [5, 5.41) is 0. The Balaban J connectivity index is 4.20. The van der Waals surface area contributed by atoms with Crippen molar-refractivity contribution in [2.24, 2.45) is 0 Å². The number of likely N-dealkylation sites (N-methyl/N-ethyl adjacent to an activating group) is 1. The second-order valence-corrected chi connectivity index (χ2v) is 17.6. The average molecular weight is 763 g/mol. The first-order valence-electron chi connectivity index (χ1n) is 21.8. The molecular weight excluding hydrogens is 677 g/mol. The molecule has 0 aromatic carbocycles. The van der Waals surface area contributed by atoms with E-state index in [2.05, 4.69) is 13.8 Å². The summed E-state index contributed by atoms with van der Waals surface area (Å²) in [6.07, 6.45) is 34.5. The van der Waals surface area contributed by atoms with Crippen LogP contribution in [0.2, 0.25) is 0 Å². The minimum absolute atomic E-state index is 0.0365. The first-order chi connectivity index (χ1) is 25.0. The zero-order valence-corrected chi connectivity index (χ0v) is 35.7. The molecule has 0 aromatic rings. The number of esters is 2. The molecule has 0 amide bonds. The summed E-state index contributed by atoms with van der Waals surface area (Å²) in [6, 6.07) is 0. The van der Waals surface area contributed by atoms with Crippen LogP contribution in [0.1, 0.15) is 206 Å². The van der Waals surface area contributed by atoms with Crippen molar-refractivity contribution < 1.29 is 42.1 Å². The second-order valence-electron chi connectivity index (χ2n) is 16.1. The fourth-order valence-corrected chi connectivity index (χ4v) is 6.93. The molecule has 0 saturated heterocycles. The van der Waals surface area contributed by atoms with Gasteiger partial charge in [-0.2, -0.15) is 0 Å². The van der Waals surface area contributed by atoms with Gasteiger partial charge in [0, 0.05) is 12.8 Å². The molecule has 0 bridgehead atoms. The van der Waals surface area contributed by atoms with Gasteiger partial charge in [-0.25, -0.2) is 4.57 Å². The lowest BCUT2D eigenvalue weighted by Gasteiger charge is -2.24. The van der Waals surface area contributed by atoms with Crippen LogP contribution in [0.5, 0.6) is 0 Å². The Morgan fingerprint density at radius 3 is 1.23 bits per heavy atom. The van der Waals surface area contributed by atoms with Crippen molar-refractivity contribution >= 4 is 19.8 Å². The summed E-state index contributed by atoms with van der Waals surface area (Å²) in [6.45, 7) is 4.42. The summed E-state index contributed by atoms with van der Waals surface area (Å²) in [7, 11) is 1.49. The Hall–Kier alpha value is -0.990. The lowest BCUT2D eigenvalue weighted by Crippen LogP contribution is -2.37. The van der Waals surface area contributed by atoms with Gasteiger partial charge < -0.3 is 18.9 Å². The molecule has 0 rings (SSSR count). The maximum absolute atomic E-state index is 12.7. The number of phosphoric ester groups is 1. The molecule has 1 N–H and O–H groups in total. The molecule has 0 heterocycles. The maximum atomic E-state index is 12.7. The van der Waals surface area contributed by atoms with E-state index in [1.54, 1.807) is 0 Å². The Bertz CT molecular complexity index is 865. The predicted octanol–water partition coefficient (Wildman–Crippen LogP) is 12.0. The smallest absolute Gasteiger partial charge is 0.462 e. The van der Waals surface area contributed by atoms with E-state index in [4.69, 9.17) is 18.5 Å². The fraction of sp³-hybridized carbons (Fsp3) is 0.952. The molecule has 9 nitrogen and oxygen atoms in total. The summed E-state index contributed by atoms with van der Waals surface area (Å²) >= 11 is 0. The van der Waals surface area contributed by atoms with Crippen molar-refractivity contribution in [1.82, 2.24) is 0 Å². The molecule has 0 spiro atoms.